The summed E-state index contributed by atoms with van der Waals surface area (Å²) >= 11 is 0. The van der Waals surface area contributed by atoms with E-state index in [1.807, 2.05) is 23.3 Å². The van der Waals surface area contributed by atoms with Gasteiger partial charge in [0.15, 0.2) is 0 Å². The number of phosphoric acid groups is 1. The Morgan fingerprint density at radius 1 is 1.59 bits per heavy atom. The first-order chi connectivity index (χ1) is 7.72. The van der Waals surface area contributed by atoms with E-state index in [1.54, 1.807) is 6.92 Å². The van der Waals surface area contributed by atoms with Gasteiger partial charge in [-0.15, -0.1) is 0 Å². The first-order valence-electron chi connectivity index (χ1n) is 4.75. The fourth-order valence-corrected chi connectivity index (χ4v) is 1.10. The number of hydrogen-bond donors (Lipinski definition) is 3. The van der Waals surface area contributed by atoms with Crippen LogP contribution in [0.1, 0.15) is 6.92 Å². The van der Waals surface area contributed by atoms with Gasteiger partial charge in [0.2, 0.25) is 0 Å². The van der Waals surface area contributed by atoms with Crippen molar-refractivity contribution in [1.82, 2.24) is 4.90 Å². The summed E-state index contributed by atoms with van der Waals surface area (Å²) in [7, 11) is -4.64. The second-order valence-corrected chi connectivity index (χ2v) is 4.40. The fourth-order valence-electron chi connectivity index (χ4n) is 1.10. The normalized spacial score (nSPS) is 14.6. The molecule has 0 fully saturated rings. The summed E-state index contributed by atoms with van der Waals surface area (Å²) in [5.74, 6) is 0.190. The molecule has 0 unspecified atom stereocenters. The SMILES string of the molecule is C=CC1=CCN(CC(C)=O)C=C1.O=P(O)(O)O. The van der Waals surface area contributed by atoms with Crippen LogP contribution in [0.15, 0.2) is 36.6 Å². The number of allylic oxidation sites excluding steroid dienone is 3. The molecule has 7 heteroatoms. The van der Waals surface area contributed by atoms with Crippen LogP contribution in [-0.4, -0.2) is 38.5 Å². The van der Waals surface area contributed by atoms with Crippen molar-refractivity contribution in [3.8, 4) is 0 Å². The summed E-state index contributed by atoms with van der Waals surface area (Å²) in [6, 6.07) is 0. The molecule has 0 bridgehead atoms. The van der Waals surface area contributed by atoms with Crippen molar-refractivity contribution >= 4 is 13.6 Å². The second-order valence-electron chi connectivity index (χ2n) is 3.37. The predicted octanol–water partition coefficient (Wildman–Crippen LogP) is 0.588. The van der Waals surface area contributed by atoms with E-state index >= 15 is 0 Å². The number of carbonyl (C=O) groups excluding carboxylic acids is 1. The highest BCUT2D eigenvalue weighted by Gasteiger charge is 2.04. The molecule has 1 aliphatic rings. The monoisotopic (exact) mass is 261 g/mol. The van der Waals surface area contributed by atoms with Gasteiger partial charge in [-0.25, -0.2) is 4.57 Å². The molecule has 0 aromatic heterocycles. The number of ketones is 1. The zero-order valence-electron chi connectivity index (χ0n) is 9.48. The van der Waals surface area contributed by atoms with Gasteiger partial charge in [0, 0.05) is 12.7 Å². The molecule has 0 aromatic rings. The van der Waals surface area contributed by atoms with Gasteiger partial charge in [0.1, 0.15) is 5.78 Å². The summed E-state index contributed by atoms with van der Waals surface area (Å²) in [5.41, 5.74) is 1.12. The molecule has 0 amide bonds. The number of nitrogens with zero attached hydrogens (tertiary/aromatic N) is 1. The molecule has 96 valence electrons. The van der Waals surface area contributed by atoms with Crippen molar-refractivity contribution in [2.24, 2.45) is 0 Å². The maximum Gasteiger partial charge on any atom is 0.466 e. The van der Waals surface area contributed by atoms with E-state index in [1.165, 1.54) is 0 Å². The molecule has 1 aliphatic heterocycles. The van der Waals surface area contributed by atoms with Crippen LogP contribution in [0.2, 0.25) is 0 Å². The predicted molar refractivity (Wildman–Crippen MR) is 63.9 cm³/mol. The minimum atomic E-state index is -4.64. The van der Waals surface area contributed by atoms with Gasteiger partial charge >= 0.3 is 7.82 Å². The number of carbonyl (C=O) groups is 1. The van der Waals surface area contributed by atoms with Crippen molar-refractivity contribution in [3.05, 3.63) is 36.6 Å². The van der Waals surface area contributed by atoms with E-state index in [9.17, 15) is 4.79 Å². The van der Waals surface area contributed by atoms with E-state index in [-0.39, 0.29) is 5.78 Å². The molecule has 0 saturated heterocycles. The Hall–Kier alpha value is -1.20. The maximum atomic E-state index is 10.7. The molecule has 17 heavy (non-hydrogen) atoms. The topological polar surface area (TPSA) is 98.1 Å². The van der Waals surface area contributed by atoms with E-state index in [0.717, 1.165) is 12.1 Å². The first-order valence-corrected chi connectivity index (χ1v) is 6.31. The van der Waals surface area contributed by atoms with Crippen molar-refractivity contribution in [3.63, 3.8) is 0 Å². The molecule has 0 radical (unpaired) electrons. The van der Waals surface area contributed by atoms with Crippen LogP contribution in [0.3, 0.4) is 0 Å². The lowest BCUT2D eigenvalue weighted by atomic mass is 10.2. The lowest BCUT2D eigenvalue weighted by Gasteiger charge is -2.20. The Kier molecular flexibility index (Phi) is 6.68. The van der Waals surface area contributed by atoms with Crippen LogP contribution in [0.5, 0.6) is 0 Å². The second kappa shape index (κ2) is 7.19. The quantitative estimate of drug-likeness (QED) is 0.643. The zero-order valence-corrected chi connectivity index (χ0v) is 10.4. The van der Waals surface area contributed by atoms with Crippen molar-refractivity contribution in [2.75, 3.05) is 13.1 Å². The summed E-state index contributed by atoms with van der Waals surface area (Å²) in [4.78, 5) is 34.3. The molecular weight excluding hydrogens is 245 g/mol. The largest absolute Gasteiger partial charge is 0.466 e. The summed E-state index contributed by atoms with van der Waals surface area (Å²) < 4.78 is 8.88. The van der Waals surface area contributed by atoms with Crippen LogP contribution in [-0.2, 0) is 9.36 Å². The van der Waals surface area contributed by atoms with Crippen LogP contribution in [0, 0.1) is 0 Å². The van der Waals surface area contributed by atoms with Crippen molar-refractivity contribution in [1.29, 1.82) is 0 Å². The Morgan fingerprint density at radius 3 is 2.41 bits per heavy atom. The van der Waals surface area contributed by atoms with Crippen molar-refractivity contribution < 1.29 is 24.0 Å². The Morgan fingerprint density at radius 2 is 2.12 bits per heavy atom. The van der Waals surface area contributed by atoms with E-state index in [0.29, 0.717) is 6.54 Å². The fraction of sp³-hybridized carbons (Fsp3) is 0.300. The van der Waals surface area contributed by atoms with Gasteiger partial charge in [-0.1, -0.05) is 18.7 Å². The summed E-state index contributed by atoms with van der Waals surface area (Å²) in [5, 5.41) is 0. The molecule has 0 spiro atoms. The molecule has 0 atom stereocenters. The van der Waals surface area contributed by atoms with Crippen LogP contribution < -0.4 is 0 Å². The molecule has 1 rings (SSSR count). The summed E-state index contributed by atoms with van der Waals surface area (Å²) in [6.07, 6.45) is 7.75. The molecule has 0 saturated carbocycles. The van der Waals surface area contributed by atoms with E-state index in [4.69, 9.17) is 19.2 Å². The van der Waals surface area contributed by atoms with Gasteiger partial charge in [-0.2, -0.15) is 0 Å². The molecule has 6 nitrogen and oxygen atoms in total. The molecule has 1 heterocycles. The highest BCUT2D eigenvalue weighted by atomic mass is 31.2. The van der Waals surface area contributed by atoms with Crippen LogP contribution in [0.25, 0.3) is 0 Å². The molecule has 0 aliphatic carbocycles. The smallest absolute Gasteiger partial charge is 0.366 e. The third-order valence-corrected chi connectivity index (χ3v) is 1.70. The third-order valence-electron chi connectivity index (χ3n) is 1.70. The highest BCUT2D eigenvalue weighted by Crippen LogP contribution is 2.25. The average Bonchev–Trinajstić information content (AvgIpc) is 2.15. The Labute approximate surface area is 99.8 Å². The van der Waals surface area contributed by atoms with Gasteiger partial charge < -0.3 is 19.6 Å². The van der Waals surface area contributed by atoms with Crippen LogP contribution in [0.4, 0.5) is 0 Å². The lowest BCUT2D eigenvalue weighted by Crippen LogP contribution is -2.25. The van der Waals surface area contributed by atoms with Gasteiger partial charge in [0.25, 0.3) is 0 Å². The van der Waals surface area contributed by atoms with Crippen molar-refractivity contribution in [2.45, 2.75) is 6.92 Å². The lowest BCUT2D eigenvalue weighted by molar-refractivity contribution is -0.117. The van der Waals surface area contributed by atoms with Gasteiger partial charge in [-0.3, -0.25) is 4.79 Å². The number of hydrogen-bond acceptors (Lipinski definition) is 3. The van der Waals surface area contributed by atoms with Gasteiger partial charge in [0.05, 0.1) is 6.54 Å². The zero-order chi connectivity index (χ0) is 13.5. The van der Waals surface area contributed by atoms with E-state index < -0.39 is 7.82 Å². The molecular formula is C10H16NO5P. The van der Waals surface area contributed by atoms with Crippen LogP contribution >= 0.6 is 7.82 Å². The third kappa shape index (κ3) is 11.1. The highest BCUT2D eigenvalue weighted by molar-refractivity contribution is 7.45. The minimum Gasteiger partial charge on any atom is -0.366 e. The standard InChI is InChI=1S/C10H13NO.H3O4P/c1-3-10-4-6-11(7-5-10)8-9(2)12;1-5(2,3)4/h3-6H,1,7-8H2,2H3;(H3,1,2,3,4). The first kappa shape index (κ1) is 15.8. The maximum absolute atomic E-state index is 10.7. The Bertz CT molecular complexity index is 374. The minimum absolute atomic E-state index is 0.190. The molecule has 3 N–H and O–H groups in total. The van der Waals surface area contributed by atoms with Gasteiger partial charge in [-0.05, 0) is 18.6 Å². The summed E-state index contributed by atoms with van der Waals surface area (Å²) in [6.45, 7) is 6.56. The average molecular weight is 261 g/mol. The number of rotatable bonds is 3. The molecule has 0 aromatic carbocycles. The number of Topliss-reactive ketones (excluding diaryl/α,β-unsaturated/α-hetero) is 1. The van der Waals surface area contributed by atoms with E-state index in [2.05, 4.69) is 12.7 Å². The Balaban J connectivity index is 0.000000437.